The van der Waals surface area contributed by atoms with Crippen LogP contribution in [0.15, 0.2) is 73.1 Å². The van der Waals surface area contributed by atoms with Gasteiger partial charge >= 0.3 is 0 Å². The Balaban J connectivity index is 1.50. The molecule has 1 unspecified atom stereocenters. The zero-order valence-corrected chi connectivity index (χ0v) is 14.1. The van der Waals surface area contributed by atoms with Crippen LogP contribution in [0.4, 0.5) is 0 Å². The van der Waals surface area contributed by atoms with Gasteiger partial charge < -0.3 is 4.90 Å². The minimum Gasteiger partial charge on any atom is -0.332 e. The van der Waals surface area contributed by atoms with Crippen LogP contribution >= 0.6 is 0 Å². The number of rotatable bonds is 4. The Hall–Kier alpha value is -2.88. The monoisotopic (exact) mass is 331 g/mol. The van der Waals surface area contributed by atoms with Crippen molar-refractivity contribution >= 4 is 5.91 Å². The second-order valence-electron chi connectivity index (χ2n) is 6.47. The minimum absolute atomic E-state index is 0.122. The molecule has 1 aromatic heterocycles. The summed E-state index contributed by atoms with van der Waals surface area (Å²) in [7, 11) is 0. The molecule has 4 rings (SSSR count). The molecule has 0 N–H and O–H groups in total. The summed E-state index contributed by atoms with van der Waals surface area (Å²) in [5.74, 6) is 0.122. The summed E-state index contributed by atoms with van der Waals surface area (Å²) in [6.45, 7) is 1.55. The van der Waals surface area contributed by atoms with E-state index in [-0.39, 0.29) is 11.9 Å². The molecule has 0 bridgehead atoms. The Morgan fingerprint density at radius 3 is 2.56 bits per heavy atom. The van der Waals surface area contributed by atoms with E-state index in [1.807, 2.05) is 64.3 Å². The van der Waals surface area contributed by atoms with Crippen LogP contribution < -0.4 is 0 Å². The van der Waals surface area contributed by atoms with Gasteiger partial charge in [-0.1, -0.05) is 42.5 Å². The van der Waals surface area contributed by atoms with E-state index in [1.54, 1.807) is 6.20 Å². The molecular weight excluding hydrogens is 310 g/mol. The topological polar surface area (TPSA) is 38.1 Å². The van der Waals surface area contributed by atoms with Crippen LogP contribution in [0.2, 0.25) is 0 Å². The fourth-order valence-electron chi connectivity index (χ4n) is 3.53. The second kappa shape index (κ2) is 6.93. The molecule has 2 heterocycles. The molecule has 1 aliphatic heterocycles. The third kappa shape index (κ3) is 3.33. The first-order chi connectivity index (χ1) is 12.3. The van der Waals surface area contributed by atoms with Crippen LogP contribution in [-0.2, 0) is 6.54 Å². The second-order valence-corrected chi connectivity index (χ2v) is 6.47. The third-order valence-corrected chi connectivity index (χ3v) is 4.80. The highest BCUT2D eigenvalue weighted by Crippen LogP contribution is 2.32. The predicted octanol–water partition coefficient (Wildman–Crippen LogP) is 3.91. The van der Waals surface area contributed by atoms with Crippen molar-refractivity contribution in [2.75, 3.05) is 6.54 Å². The standard InChI is InChI=1S/C21H21N3O/c25-21(24-15-4-8-20(24)18-6-2-1-3-7-18)19-11-9-17(10-12-19)16-23-14-5-13-22-23/h1-3,5-7,9-14,20H,4,8,15-16H2. The lowest BCUT2D eigenvalue weighted by Gasteiger charge is -2.25. The van der Waals surface area contributed by atoms with Gasteiger partial charge in [-0.3, -0.25) is 9.48 Å². The fourth-order valence-corrected chi connectivity index (χ4v) is 3.53. The van der Waals surface area contributed by atoms with Gasteiger partial charge in [-0.25, -0.2) is 0 Å². The van der Waals surface area contributed by atoms with Crippen molar-refractivity contribution in [3.63, 3.8) is 0 Å². The highest BCUT2D eigenvalue weighted by molar-refractivity contribution is 5.94. The largest absolute Gasteiger partial charge is 0.332 e. The van der Waals surface area contributed by atoms with Crippen LogP contribution in [0, 0.1) is 0 Å². The normalized spacial score (nSPS) is 17.0. The van der Waals surface area contributed by atoms with Gasteiger partial charge in [0.1, 0.15) is 0 Å². The highest BCUT2D eigenvalue weighted by atomic mass is 16.2. The van der Waals surface area contributed by atoms with E-state index in [0.717, 1.165) is 37.1 Å². The smallest absolute Gasteiger partial charge is 0.254 e. The van der Waals surface area contributed by atoms with Crippen LogP contribution in [0.5, 0.6) is 0 Å². The van der Waals surface area contributed by atoms with Crippen LogP contribution in [0.3, 0.4) is 0 Å². The average Bonchev–Trinajstić information content (AvgIpc) is 3.34. The zero-order valence-electron chi connectivity index (χ0n) is 14.1. The zero-order chi connectivity index (χ0) is 17.1. The molecular formula is C21H21N3O. The first kappa shape index (κ1) is 15.6. The third-order valence-electron chi connectivity index (χ3n) is 4.80. The molecule has 0 aliphatic carbocycles. The van der Waals surface area contributed by atoms with E-state index in [4.69, 9.17) is 0 Å². The maximum atomic E-state index is 13.0. The average molecular weight is 331 g/mol. The lowest BCUT2D eigenvalue weighted by Crippen LogP contribution is -2.30. The number of carbonyl (C=O) groups excluding carboxylic acids is 1. The lowest BCUT2D eigenvalue weighted by molar-refractivity contribution is 0.0735. The summed E-state index contributed by atoms with van der Waals surface area (Å²) in [6, 6.07) is 20.3. The molecule has 1 fully saturated rings. The van der Waals surface area contributed by atoms with E-state index in [2.05, 4.69) is 17.2 Å². The van der Waals surface area contributed by atoms with E-state index in [1.165, 1.54) is 5.56 Å². The molecule has 0 spiro atoms. The van der Waals surface area contributed by atoms with Crippen LogP contribution in [-0.4, -0.2) is 27.1 Å². The van der Waals surface area contributed by atoms with Crippen LogP contribution in [0.25, 0.3) is 0 Å². The Kier molecular flexibility index (Phi) is 4.34. The van der Waals surface area contributed by atoms with Crippen molar-refractivity contribution in [1.29, 1.82) is 0 Å². The summed E-state index contributed by atoms with van der Waals surface area (Å²) in [5.41, 5.74) is 3.12. The molecule has 0 radical (unpaired) electrons. The van der Waals surface area contributed by atoms with E-state index in [9.17, 15) is 4.79 Å². The maximum Gasteiger partial charge on any atom is 0.254 e. The number of nitrogens with zero attached hydrogens (tertiary/aromatic N) is 3. The summed E-state index contributed by atoms with van der Waals surface area (Å²) in [4.78, 5) is 15.0. The molecule has 126 valence electrons. The maximum absolute atomic E-state index is 13.0. The predicted molar refractivity (Wildman–Crippen MR) is 97.2 cm³/mol. The van der Waals surface area contributed by atoms with Crippen molar-refractivity contribution in [3.05, 3.63) is 89.7 Å². The van der Waals surface area contributed by atoms with E-state index >= 15 is 0 Å². The molecule has 1 aliphatic rings. The summed E-state index contributed by atoms with van der Waals surface area (Å²) < 4.78 is 1.88. The molecule has 1 saturated heterocycles. The van der Waals surface area contributed by atoms with E-state index < -0.39 is 0 Å². The summed E-state index contributed by atoms with van der Waals surface area (Å²) in [6.07, 6.45) is 5.80. The minimum atomic E-state index is 0.122. The number of likely N-dealkylation sites (tertiary alicyclic amines) is 1. The van der Waals surface area contributed by atoms with Gasteiger partial charge in [0.05, 0.1) is 12.6 Å². The Bertz CT molecular complexity index is 825. The number of aromatic nitrogens is 2. The quantitative estimate of drug-likeness (QED) is 0.727. The molecule has 25 heavy (non-hydrogen) atoms. The van der Waals surface area contributed by atoms with Crippen molar-refractivity contribution < 1.29 is 4.79 Å². The van der Waals surface area contributed by atoms with Gasteiger partial charge in [-0.2, -0.15) is 5.10 Å². The van der Waals surface area contributed by atoms with Crippen molar-refractivity contribution in [3.8, 4) is 0 Å². The SMILES string of the molecule is O=C(c1ccc(Cn2cccn2)cc1)N1CCCC1c1ccccc1. The van der Waals surface area contributed by atoms with Crippen LogP contribution in [0.1, 0.15) is 40.4 Å². The summed E-state index contributed by atoms with van der Waals surface area (Å²) in [5, 5.41) is 4.22. The lowest BCUT2D eigenvalue weighted by atomic mass is 10.0. The first-order valence-corrected chi connectivity index (χ1v) is 8.73. The fraction of sp³-hybridized carbons (Fsp3) is 0.238. The number of hydrogen-bond acceptors (Lipinski definition) is 2. The number of benzene rings is 2. The van der Waals surface area contributed by atoms with Gasteiger partial charge in [0.25, 0.3) is 5.91 Å². The molecule has 3 aromatic rings. The number of hydrogen-bond donors (Lipinski definition) is 0. The molecule has 4 heteroatoms. The molecule has 4 nitrogen and oxygen atoms in total. The van der Waals surface area contributed by atoms with Gasteiger partial charge in [0, 0.05) is 24.5 Å². The van der Waals surface area contributed by atoms with Gasteiger partial charge in [-0.15, -0.1) is 0 Å². The van der Waals surface area contributed by atoms with Gasteiger partial charge in [-0.05, 0) is 42.2 Å². The Morgan fingerprint density at radius 2 is 1.84 bits per heavy atom. The molecule has 2 aromatic carbocycles. The highest BCUT2D eigenvalue weighted by Gasteiger charge is 2.30. The number of amides is 1. The van der Waals surface area contributed by atoms with Crippen molar-refractivity contribution in [2.45, 2.75) is 25.4 Å². The Labute approximate surface area is 147 Å². The van der Waals surface area contributed by atoms with Crippen molar-refractivity contribution in [1.82, 2.24) is 14.7 Å². The number of carbonyl (C=O) groups is 1. The van der Waals surface area contributed by atoms with Gasteiger partial charge in [0.15, 0.2) is 0 Å². The van der Waals surface area contributed by atoms with Crippen molar-refractivity contribution in [2.24, 2.45) is 0 Å². The molecule has 1 amide bonds. The molecule has 1 atom stereocenters. The first-order valence-electron chi connectivity index (χ1n) is 8.73. The molecule has 0 saturated carbocycles. The summed E-state index contributed by atoms with van der Waals surface area (Å²) >= 11 is 0. The Morgan fingerprint density at radius 1 is 1.04 bits per heavy atom. The van der Waals surface area contributed by atoms with Gasteiger partial charge in [0.2, 0.25) is 0 Å². The van der Waals surface area contributed by atoms with E-state index in [0.29, 0.717) is 0 Å².